The van der Waals surface area contributed by atoms with E-state index in [0.29, 0.717) is 15.8 Å². The van der Waals surface area contributed by atoms with Crippen molar-refractivity contribution in [2.45, 2.75) is 13.5 Å². The zero-order valence-electron chi connectivity index (χ0n) is 11.7. The molecule has 0 aliphatic rings. The van der Waals surface area contributed by atoms with Gasteiger partial charge in [0.05, 0.1) is 4.47 Å². The number of halogens is 2. The first-order valence-electron chi connectivity index (χ1n) is 6.64. The van der Waals surface area contributed by atoms with E-state index in [1.807, 2.05) is 25.1 Å². The Kier molecular flexibility index (Phi) is 3.98. The van der Waals surface area contributed by atoms with Crippen molar-refractivity contribution < 1.29 is 13.5 Å². The van der Waals surface area contributed by atoms with Crippen LogP contribution in [0.25, 0.3) is 11.0 Å². The summed E-state index contributed by atoms with van der Waals surface area (Å²) in [6.07, 6.45) is 0. The molecule has 3 rings (SSSR count). The molecule has 0 radical (unpaired) electrons. The third kappa shape index (κ3) is 3.04. The number of benzene rings is 2. The average molecular weight is 363 g/mol. The van der Waals surface area contributed by atoms with Crippen molar-refractivity contribution in [2.75, 3.05) is 0 Å². The molecule has 0 atom stereocenters. The minimum atomic E-state index is -0.421. The molecule has 1 aromatic heterocycles. The molecular weight excluding hydrogens is 351 g/mol. The zero-order valence-corrected chi connectivity index (χ0v) is 13.3. The molecule has 5 heteroatoms. The summed E-state index contributed by atoms with van der Waals surface area (Å²) in [5.74, 6) is 0.162. The van der Waals surface area contributed by atoms with Crippen LogP contribution in [0, 0.1) is 12.7 Å². The van der Waals surface area contributed by atoms with Crippen LogP contribution in [0.1, 0.15) is 11.1 Å². The lowest BCUT2D eigenvalue weighted by Gasteiger charge is -2.10. The van der Waals surface area contributed by atoms with Gasteiger partial charge in [0.1, 0.15) is 23.8 Å². The quantitative estimate of drug-likeness (QED) is 0.640. The van der Waals surface area contributed by atoms with Crippen LogP contribution in [0.2, 0.25) is 0 Å². The van der Waals surface area contributed by atoms with Gasteiger partial charge in [-0.2, -0.15) is 0 Å². The van der Waals surface area contributed by atoms with Crippen LogP contribution in [-0.2, 0) is 6.61 Å². The highest BCUT2D eigenvalue weighted by molar-refractivity contribution is 9.10. The molecule has 3 aromatic rings. The predicted molar refractivity (Wildman–Crippen MR) is 85.7 cm³/mol. The first kappa shape index (κ1) is 14.8. The second kappa shape index (κ2) is 5.93. The highest BCUT2D eigenvalue weighted by Crippen LogP contribution is 2.27. The Bertz CT molecular complexity index is 902. The van der Waals surface area contributed by atoms with Gasteiger partial charge in [-0.15, -0.1) is 0 Å². The summed E-state index contributed by atoms with van der Waals surface area (Å²) in [5, 5.41) is 0.823. The van der Waals surface area contributed by atoms with Crippen molar-refractivity contribution in [1.82, 2.24) is 0 Å². The van der Waals surface area contributed by atoms with Crippen LogP contribution >= 0.6 is 15.9 Å². The molecule has 0 saturated carbocycles. The summed E-state index contributed by atoms with van der Waals surface area (Å²) >= 11 is 3.25. The van der Waals surface area contributed by atoms with E-state index < -0.39 is 5.63 Å². The van der Waals surface area contributed by atoms with E-state index in [-0.39, 0.29) is 12.4 Å². The Morgan fingerprint density at radius 3 is 2.77 bits per heavy atom. The van der Waals surface area contributed by atoms with Crippen LogP contribution in [0.3, 0.4) is 0 Å². The topological polar surface area (TPSA) is 39.4 Å². The average Bonchev–Trinajstić information content (AvgIpc) is 2.45. The van der Waals surface area contributed by atoms with E-state index in [0.717, 1.165) is 16.5 Å². The fourth-order valence-electron chi connectivity index (χ4n) is 2.20. The Labute approximate surface area is 134 Å². The first-order valence-corrected chi connectivity index (χ1v) is 7.43. The second-order valence-corrected chi connectivity index (χ2v) is 5.81. The monoisotopic (exact) mass is 362 g/mol. The standard InChI is InChI=1S/C17H12BrFO3/c1-10-2-4-13-11(7-17(20)22-16(13)6-10)9-21-15-5-3-12(19)8-14(15)18/h2-8H,9H2,1H3. The molecule has 0 amide bonds. The lowest BCUT2D eigenvalue weighted by Crippen LogP contribution is -2.04. The molecule has 0 unspecified atom stereocenters. The highest BCUT2D eigenvalue weighted by Gasteiger charge is 2.08. The third-order valence-electron chi connectivity index (χ3n) is 3.26. The lowest BCUT2D eigenvalue weighted by molar-refractivity contribution is 0.304. The van der Waals surface area contributed by atoms with Crippen molar-refractivity contribution >= 4 is 26.9 Å². The molecule has 2 aromatic carbocycles. The molecule has 0 aliphatic heterocycles. The molecule has 112 valence electrons. The summed E-state index contributed by atoms with van der Waals surface area (Å²) < 4.78 is 24.5. The van der Waals surface area contributed by atoms with E-state index in [1.165, 1.54) is 24.3 Å². The molecule has 0 bridgehead atoms. The predicted octanol–water partition coefficient (Wildman–Crippen LogP) is 4.58. The Balaban J connectivity index is 1.95. The van der Waals surface area contributed by atoms with Gasteiger partial charge in [0.2, 0.25) is 0 Å². The van der Waals surface area contributed by atoms with Crippen LogP contribution < -0.4 is 10.4 Å². The van der Waals surface area contributed by atoms with Crippen LogP contribution in [0.5, 0.6) is 5.75 Å². The molecule has 0 N–H and O–H groups in total. The van der Waals surface area contributed by atoms with Gasteiger partial charge in [-0.25, -0.2) is 9.18 Å². The molecule has 22 heavy (non-hydrogen) atoms. The number of rotatable bonds is 3. The third-order valence-corrected chi connectivity index (χ3v) is 3.88. The normalized spacial score (nSPS) is 10.9. The molecule has 0 fully saturated rings. The number of hydrogen-bond acceptors (Lipinski definition) is 3. The van der Waals surface area contributed by atoms with Crippen molar-refractivity contribution in [1.29, 1.82) is 0 Å². The minimum absolute atomic E-state index is 0.190. The van der Waals surface area contributed by atoms with Gasteiger partial charge in [0, 0.05) is 17.0 Å². The van der Waals surface area contributed by atoms with Gasteiger partial charge in [-0.1, -0.05) is 12.1 Å². The number of ether oxygens (including phenoxy) is 1. The van der Waals surface area contributed by atoms with Crippen LogP contribution in [0.15, 0.2) is 56.1 Å². The lowest BCUT2D eigenvalue weighted by atomic mass is 10.1. The zero-order chi connectivity index (χ0) is 15.7. The molecule has 1 heterocycles. The van der Waals surface area contributed by atoms with Crippen molar-refractivity contribution in [2.24, 2.45) is 0 Å². The fourth-order valence-corrected chi connectivity index (χ4v) is 2.67. The van der Waals surface area contributed by atoms with Crippen LogP contribution in [-0.4, -0.2) is 0 Å². The smallest absolute Gasteiger partial charge is 0.336 e. The van der Waals surface area contributed by atoms with Gasteiger partial charge < -0.3 is 9.15 Å². The molecule has 0 saturated heterocycles. The van der Waals surface area contributed by atoms with Gasteiger partial charge >= 0.3 is 5.63 Å². The summed E-state index contributed by atoms with van der Waals surface area (Å²) in [5.41, 5.74) is 1.84. The molecule has 0 aliphatic carbocycles. The molecule has 0 spiro atoms. The summed E-state index contributed by atoms with van der Waals surface area (Å²) in [6, 6.07) is 11.3. The van der Waals surface area contributed by atoms with Gasteiger partial charge in [0.15, 0.2) is 0 Å². The van der Waals surface area contributed by atoms with Crippen molar-refractivity contribution in [3.05, 3.63) is 74.3 Å². The highest BCUT2D eigenvalue weighted by atomic mass is 79.9. The summed E-state index contributed by atoms with van der Waals surface area (Å²) in [6.45, 7) is 2.12. The van der Waals surface area contributed by atoms with Gasteiger partial charge in [-0.05, 0) is 52.7 Å². The second-order valence-electron chi connectivity index (χ2n) is 4.95. The Morgan fingerprint density at radius 1 is 1.18 bits per heavy atom. The fraction of sp³-hybridized carbons (Fsp3) is 0.118. The molecule has 3 nitrogen and oxygen atoms in total. The summed E-state index contributed by atoms with van der Waals surface area (Å²) in [7, 11) is 0. The van der Waals surface area contributed by atoms with E-state index >= 15 is 0 Å². The van der Waals surface area contributed by atoms with E-state index in [4.69, 9.17) is 9.15 Å². The SMILES string of the molecule is Cc1ccc2c(COc3ccc(F)cc3Br)cc(=O)oc2c1. The van der Waals surface area contributed by atoms with Crippen LogP contribution in [0.4, 0.5) is 4.39 Å². The maximum absolute atomic E-state index is 13.1. The van der Waals surface area contributed by atoms with Gasteiger partial charge in [0.25, 0.3) is 0 Å². The van der Waals surface area contributed by atoms with Crippen molar-refractivity contribution in [3.8, 4) is 5.75 Å². The van der Waals surface area contributed by atoms with Crippen molar-refractivity contribution in [3.63, 3.8) is 0 Å². The Hall–Kier alpha value is -2.14. The van der Waals surface area contributed by atoms with Gasteiger partial charge in [-0.3, -0.25) is 0 Å². The van der Waals surface area contributed by atoms with E-state index in [9.17, 15) is 9.18 Å². The first-order chi connectivity index (χ1) is 10.5. The largest absolute Gasteiger partial charge is 0.488 e. The van der Waals surface area contributed by atoms with E-state index in [1.54, 1.807) is 0 Å². The minimum Gasteiger partial charge on any atom is -0.488 e. The Morgan fingerprint density at radius 2 is 2.00 bits per heavy atom. The summed E-state index contributed by atoms with van der Waals surface area (Å²) in [4.78, 5) is 11.7. The van der Waals surface area contributed by atoms with E-state index in [2.05, 4.69) is 15.9 Å². The maximum atomic E-state index is 13.1. The number of fused-ring (bicyclic) bond motifs is 1. The maximum Gasteiger partial charge on any atom is 0.336 e. The number of hydrogen-bond donors (Lipinski definition) is 0. The number of aryl methyl sites for hydroxylation is 1. The molecular formula is C17H12BrFO3.